The van der Waals surface area contributed by atoms with Crippen LogP contribution in [0.25, 0.3) is 84.2 Å². The number of hydrogen-bond donors (Lipinski definition) is 0. The van der Waals surface area contributed by atoms with Crippen LogP contribution in [-0.2, 0) is 0 Å². The summed E-state index contributed by atoms with van der Waals surface area (Å²) in [5.74, 6) is 2.52. The average molecular weight is 592 g/mol. The molecule has 6 nitrogen and oxygen atoms in total. The minimum atomic E-state index is 0.614. The van der Waals surface area contributed by atoms with Crippen molar-refractivity contribution in [2.75, 3.05) is 0 Å². The van der Waals surface area contributed by atoms with Crippen LogP contribution in [0, 0.1) is 0 Å². The number of hydrogen-bond acceptors (Lipinski definition) is 5. The van der Waals surface area contributed by atoms with Gasteiger partial charge in [0.25, 0.3) is 0 Å². The van der Waals surface area contributed by atoms with E-state index in [4.69, 9.17) is 24.4 Å². The highest BCUT2D eigenvalue weighted by atomic mass is 16.3. The van der Waals surface area contributed by atoms with Gasteiger partial charge in [-0.3, -0.25) is 0 Å². The largest absolute Gasteiger partial charge is 0.436 e. The lowest BCUT2D eigenvalue weighted by atomic mass is 10.1. The van der Waals surface area contributed by atoms with Crippen molar-refractivity contribution in [3.63, 3.8) is 0 Å². The van der Waals surface area contributed by atoms with Gasteiger partial charge in [0.05, 0.1) is 11.0 Å². The Morgan fingerprint density at radius 1 is 0.435 bits per heavy atom. The predicted octanol–water partition coefficient (Wildman–Crippen LogP) is 9.78. The molecule has 46 heavy (non-hydrogen) atoms. The van der Waals surface area contributed by atoms with Crippen LogP contribution in [0.5, 0.6) is 0 Å². The van der Waals surface area contributed by atoms with Crippen molar-refractivity contribution in [3.05, 3.63) is 152 Å². The van der Waals surface area contributed by atoms with Crippen LogP contribution in [0.2, 0.25) is 0 Å². The molecular formula is C40H25N5O. The van der Waals surface area contributed by atoms with E-state index in [0.29, 0.717) is 23.4 Å². The molecule has 0 N–H and O–H groups in total. The van der Waals surface area contributed by atoms with E-state index in [1.807, 2.05) is 84.9 Å². The third kappa shape index (κ3) is 4.35. The summed E-state index contributed by atoms with van der Waals surface area (Å²) in [6, 6.07) is 51.1. The zero-order valence-electron chi connectivity index (χ0n) is 24.6. The van der Waals surface area contributed by atoms with Gasteiger partial charge in [-0.05, 0) is 54.6 Å². The van der Waals surface area contributed by atoms with E-state index >= 15 is 0 Å². The zero-order chi connectivity index (χ0) is 30.5. The maximum Gasteiger partial charge on any atom is 0.228 e. The highest BCUT2D eigenvalue weighted by Gasteiger charge is 2.19. The standard InChI is InChI=1S/C40H25N5O/c1-3-12-26(13-4-1)37-42-38(27-14-5-2-6-15-27)44-39(43-37)28-22-24-29(25-23-28)45-33-19-9-7-16-30(33)36-31(17-11-20-34(36)45)40-41-32-18-8-10-21-35(32)46-40/h1-25H. The number of nitrogens with zero attached hydrogens (tertiary/aromatic N) is 5. The highest BCUT2D eigenvalue weighted by Crippen LogP contribution is 2.39. The first kappa shape index (κ1) is 26.0. The molecule has 3 aromatic heterocycles. The van der Waals surface area contributed by atoms with Crippen LogP contribution < -0.4 is 0 Å². The second-order valence-electron chi connectivity index (χ2n) is 11.1. The molecule has 0 saturated heterocycles. The maximum atomic E-state index is 6.23. The van der Waals surface area contributed by atoms with Gasteiger partial charge in [0.15, 0.2) is 23.1 Å². The monoisotopic (exact) mass is 591 g/mol. The molecule has 0 bridgehead atoms. The lowest BCUT2D eigenvalue weighted by Crippen LogP contribution is -2.00. The van der Waals surface area contributed by atoms with Gasteiger partial charge in [0.2, 0.25) is 5.89 Å². The molecule has 0 unspecified atom stereocenters. The molecule has 0 aliphatic carbocycles. The van der Waals surface area contributed by atoms with E-state index in [1.54, 1.807) is 0 Å². The van der Waals surface area contributed by atoms with Gasteiger partial charge in [-0.15, -0.1) is 0 Å². The Kier molecular flexibility index (Phi) is 6.03. The fourth-order valence-electron chi connectivity index (χ4n) is 6.16. The first-order valence-corrected chi connectivity index (χ1v) is 15.2. The van der Waals surface area contributed by atoms with Gasteiger partial charge in [-0.25, -0.2) is 19.9 Å². The average Bonchev–Trinajstić information content (AvgIpc) is 3.72. The summed E-state index contributed by atoms with van der Waals surface area (Å²) in [6.45, 7) is 0. The van der Waals surface area contributed by atoms with E-state index in [0.717, 1.165) is 60.8 Å². The Morgan fingerprint density at radius 3 is 1.67 bits per heavy atom. The van der Waals surface area contributed by atoms with Gasteiger partial charge in [-0.2, -0.15) is 0 Å². The molecular weight excluding hydrogens is 566 g/mol. The number of fused-ring (bicyclic) bond motifs is 4. The van der Waals surface area contributed by atoms with Crippen molar-refractivity contribution in [3.8, 4) is 51.3 Å². The lowest BCUT2D eigenvalue weighted by Gasteiger charge is -2.11. The molecule has 0 aliphatic rings. The Morgan fingerprint density at radius 2 is 1.00 bits per heavy atom. The quantitative estimate of drug-likeness (QED) is 0.199. The molecule has 0 atom stereocenters. The second kappa shape index (κ2) is 10.6. The SMILES string of the molecule is c1ccc(-c2nc(-c3ccccc3)nc(-c3ccc(-n4c5ccccc5c5c(-c6nc7ccccc7o6)cccc54)cc3)n2)cc1. The zero-order valence-corrected chi connectivity index (χ0v) is 24.6. The van der Waals surface area contributed by atoms with E-state index in [1.165, 1.54) is 0 Å². The Labute approximate surface area is 264 Å². The summed E-state index contributed by atoms with van der Waals surface area (Å²) in [5.41, 5.74) is 8.60. The second-order valence-corrected chi connectivity index (χ2v) is 11.1. The highest BCUT2D eigenvalue weighted by molar-refractivity contribution is 6.15. The molecule has 3 heterocycles. The summed E-state index contributed by atoms with van der Waals surface area (Å²) >= 11 is 0. The molecule has 0 spiro atoms. The molecule has 0 amide bonds. The van der Waals surface area contributed by atoms with Crippen LogP contribution in [0.15, 0.2) is 156 Å². The summed E-state index contributed by atoms with van der Waals surface area (Å²) < 4.78 is 8.53. The molecule has 0 fully saturated rings. The Bertz CT molecular complexity index is 2430. The molecule has 216 valence electrons. The van der Waals surface area contributed by atoms with Crippen LogP contribution in [0.4, 0.5) is 0 Å². The minimum Gasteiger partial charge on any atom is -0.436 e. The van der Waals surface area contributed by atoms with E-state index < -0.39 is 0 Å². The predicted molar refractivity (Wildman–Crippen MR) is 183 cm³/mol. The van der Waals surface area contributed by atoms with Gasteiger partial charge in [0.1, 0.15) is 5.52 Å². The number of aromatic nitrogens is 5. The topological polar surface area (TPSA) is 69.6 Å². The molecule has 0 saturated carbocycles. The van der Waals surface area contributed by atoms with Crippen molar-refractivity contribution < 1.29 is 4.42 Å². The summed E-state index contributed by atoms with van der Waals surface area (Å²) in [5, 5.41) is 2.24. The molecule has 0 radical (unpaired) electrons. The van der Waals surface area contributed by atoms with Crippen LogP contribution in [0.1, 0.15) is 0 Å². The van der Waals surface area contributed by atoms with Crippen molar-refractivity contribution in [2.24, 2.45) is 0 Å². The van der Waals surface area contributed by atoms with Crippen molar-refractivity contribution in [1.29, 1.82) is 0 Å². The first-order chi connectivity index (χ1) is 22.8. The minimum absolute atomic E-state index is 0.614. The fourth-order valence-corrected chi connectivity index (χ4v) is 6.16. The van der Waals surface area contributed by atoms with E-state index in [2.05, 4.69) is 71.3 Å². The maximum absolute atomic E-state index is 6.23. The molecule has 6 heteroatoms. The summed E-state index contributed by atoms with van der Waals surface area (Å²) in [4.78, 5) is 19.5. The van der Waals surface area contributed by atoms with E-state index in [-0.39, 0.29) is 0 Å². The van der Waals surface area contributed by atoms with Gasteiger partial charge >= 0.3 is 0 Å². The number of para-hydroxylation sites is 3. The van der Waals surface area contributed by atoms with Crippen LogP contribution in [0.3, 0.4) is 0 Å². The molecule has 6 aromatic carbocycles. The smallest absolute Gasteiger partial charge is 0.228 e. The van der Waals surface area contributed by atoms with E-state index in [9.17, 15) is 0 Å². The Hall–Kier alpha value is -6.40. The first-order valence-electron chi connectivity index (χ1n) is 15.2. The summed E-state index contributed by atoms with van der Waals surface area (Å²) in [6.07, 6.45) is 0. The Balaban J connectivity index is 1.19. The molecule has 9 rings (SSSR count). The van der Waals surface area contributed by atoms with Crippen molar-refractivity contribution in [2.45, 2.75) is 0 Å². The van der Waals surface area contributed by atoms with Gasteiger partial charge in [0, 0.05) is 38.7 Å². The molecule has 9 aromatic rings. The number of benzene rings is 6. The lowest BCUT2D eigenvalue weighted by molar-refractivity contribution is 0.620. The van der Waals surface area contributed by atoms with Crippen LogP contribution >= 0.6 is 0 Å². The summed E-state index contributed by atoms with van der Waals surface area (Å²) in [7, 11) is 0. The van der Waals surface area contributed by atoms with Gasteiger partial charge < -0.3 is 8.98 Å². The third-order valence-electron chi connectivity index (χ3n) is 8.31. The number of rotatable bonds is 5. The normalized spacial score (nSPS) is 11.5. The van der Waals surface area contributed by atoms with Crippen LogP contribution in [-0.4, -0.2) is 24.5 Å². The third-order valence-corrected chi connectivity index (χ3v) is 8.31. The number of oxazole rings is 1. The fraction of sp³-hybridized carbons (Fsp3) is 0. The van der Waals surface area contributed by atoms with Crippen molar-refractivity contribution in [1.82, 2.24) is 24.5 Å². The van der Waals surface area contributed by atoms with Crippen molar-refractivity contribution >= 4 is 32.9 Å². The van der Waals surface area contributed by atoms with Gasteiger partial charge in [-0.1, -0.05) is 97.1 Å². The molecule has 0 aliphatic heterocycles.